The Morgan fingerprint density at radius 3 is 2.57 bits per heavy atom. The summed E-state index contributed by atoms with van der Waals surface area (Å²) >= 11 is 0. The first-order valence-electron chi connectivity index (χ1n) is 7.67. The van der Waals surface area contributed by atoms with Crippen molar-refractivity contribution in [1.29, 1.82) is 5.26 Å². The van der Waals surface area contributed by atoms with Crippen molar-refractivity contribution >= 4 is 9.76 Å². The zero-order valence-corrected chi connectivity index (χ0v) is 15.4. The summed E-state index contributed by atoms with van der Waals surface area (Å²) in [6, 6.07) is 9.91. The molecule has 5 heteroatoms. The van der Waals surface area contributed by atoms with Crippen molar-refractivity contribution in [2.75, 3.05) is 0 Å². The first-order valence-corrected chi connectivity index (χ1v) is 8.57. The maximum absolute atomic E-state index is 9.25. The second-order valence-electron chi connectivity index (χ2n) is 7.14. The maximum atomic E-state index is 9.25. The molecule has 0 amide bonds. The van der Waals surface area contributed by atoms with Gasteiger partial charge in [0.1, 0.15) is 0 Å². The molecule has 0 aliphatic rings. The van der Waals surface area contributed by atoms with E-state index in [-0.39, 0.29) is 5.04 Å². The van der Waals surface area contributed by atoms with E-state index in [1.165, 1.54) is 0 Å². The average molecular weight is 325 g/mol. The van der Waals surface area contributed by atoms with Gasteiger partial charge in [-0.2, -0.15) is 5.26 Å². The van der Waals surface area contributed by atoms with Gasteiger partial charge < -0.3 is 8.99 Å². The normalized spacial score (nSPS) is 12.2. The third-order valence-electron chi connectivity index (χ3n) is 3.42. The van der Waals surface area contributed by atoms with E-state index < -0.39 is 5.60 Å². The molecule has 2 aromatic rings. The van der Waals surface area contributed by atoms with Crippen molar-refractivity contribution in [3.8, 4) is 6.07 Å². The van der Waals surface area contributed by atoms with E-state index in [4.69, 9.17) is 4.43 Å². The molecule has 0 N–H and O–H groups in total. The molecule has 4 nitrogen and oxygen atoms in total. The van der Waals surface area contributed by atoms with E-state index in [0.717, 1.165) is 11.3 Å². The molecule has 1 heterocycles. The average Bonchev–Trinajstić information content (AvgIpc) is 2.94. The van der Waals surface area contributed by atoms with E-state index >= 15 is 0 Å². The van der Waals surface area contributed by atoms with Crippen molar-refractivity contribution in [2.24, 2.45) is 0 Å². The van der Waals surface area contributed by atoms with E-state index in [2.05, 4.69) is 50.2 Å². The summed E-state index contributed by atoms with van der Waals surface area (Å²) in [7, 11) is 0.400. The van der Waals surface area contributed by atoms with Crippen LogP contribution < -0.4 is 0 Å². The molecule has 120 valence electrons. The zero-order chi connectivity index (χ0) is 17.1. The predicted octanol–water partition coefficient (Wildman–Crippen LogP) is 3.89. The topological polar surface area (TPSA) is 50.8 Å². The molecule has 0 saturated heterocycles. The molecular weight excluding hydrogens is 302 g/mol. The Bertz CT molecular complexity index is 708. The summed E-state index contributed by atoms with van der Waals surface area (Å²) in [6.07, 6.45) is 3.65. The third-order valence-corrected chi connectivity index (χ3v) is 4.64. The summed E-state index contributed by atoms with van der Waals surface area (Å²) < 4.78 is 8.23. The molecule has 2 radical (unpaired) electrons. The van der Waals surface area contributed by atoms with E-state index in [0.29, 0.717) is 21.9 Å². The molecule has 0 bridgehead atoms. The fourth-order valence-electron chi connectivity index (χ4n) is 2.23. The first kappa shape index (κ1) is 17.5. The highest BCUT2D eigenvalue weighted by atomic mass is 28.2. The lowest BCUT2D eigenvalue weighted by atomic mass is 10.1. The Kier molecular flexibility index (Phi) is 5.08. The lowest BCUT2D eigenvalue weighted by Gasteiger charge is -2.30. The van der Waals surface area contributed by atoms with E-state index in [1.807, 2.05) is 30.5 Å². The van der Waals surface area contributed by atoms with Crippen molar-refractivity contribution in [1.82, 2.24) is 9.55 Å². The second-order valence-corrected chi connectivity index (χ2v) is 9.05. The lowest BCUT2D eigenvalue weighted by Crippen LogP contribution is -2.30. The first-order chi connectivity index (χ1) is 10.7. The Balaban J connectivity index is 2.24. The quantitative estimate of drug-likeness (QED) is 0.784. The monoisotopic (exact) mass is 325 g/mol. The van der Waals surface area contributed by atoms with Crippen molar-refractivity contribution in [2.45, 2.75) is 51.8 Å². The summed E-state index contributed by atoms with van der Waals surface area (Å²) in [5.74, 6) is 0. The Hall–Kier alpha value is -1.90. The van der Waals surface area contributed by atoms with Crippen LogP contribution in [0.15, 0.2) is 36.8 Å². The third kappa shape index (κ3) is 4.53. The van der Waals surface area contributed by atoms with E-state index in [9.17, 15) is 5.26 Å². The summed E-state index contributed by atoms with van der Waals surface area (Å²) in [4.78, 5) is 4.29. The van der Waals surface area contributed by atoms with Gasteiger partial charge in [-0.05, 0) is 30.5 Å². The van der Waals surface area contributed by atoms with Crippen LogP contribution in [0.4, 0.5) is 0 Å². The van der Waals surface area contributed by atoms with Gasteiger partial charge in [0, 0.05) is 0 Å². The molecule has 2 rings (SSSR count). The fraction of sp³-hybridized carbons (Fsp3) is 0.444. The second kappa shape index (κ2) is 6.69. The van der Waals surface area contributed by atoms with E-state index in [1.54, 1.807) is 6.33 Å². The molecule has 1 aromatic carbocycles. The highest BCUT2D eigenvalue weighted by Gasteiger charge is 2.28. The van der Waals surface area contributed by atoms with Gasteiger partial charge in [0.15, 0.2) is 0 Å². The van der Waals surface area contributed by atoms with Gasteiger partial charge in [-0.3, -0.25) is 0 Å². The minimum absolute atomic E-state index is 0.134. The summed E-state index contributed by atoms with van der Waals surface area (Å²) in [6.45, 7) is 11.3. The van der Waals surface area contributed by atoms with Crippen LogP contribution in [-0.2, 0) is 16.6 Å². The summed E-state index contributed by atoms with van der Waals surface area (Å²) in [5.41, 5.74) is 2.27. The van der Waals surface area contributed by atoms with Crippen LogP contribution in [-0.4, -0.2) is 19.3 Å². The van der Waals surface area contributed by atoms with Crippen LogP contribution in [0.5, 0.6) is 0 Å². The molecular formula is C18H23N3OSi. The predicted molar refractivity (Wildman–Crippen MR) is 92.1 cm³/mol. The van der Waals surface area contributed by atoms with Crippen LogP contribution in [0.1, 0.15) is 51.4 Å². The van der Waals surface area contributed by atoms with Crippen molar-refractivity contribution < 1.29 is 4.43 Å². The molecule has 23 heavy (non-hydrogen) atoms. The number of hydrogen-bond acceptors (Lipinski definition) is 3. The highest BCUT2D eigenvalue weighted by molar-refractivity contribution is 6.31. The number of nitrogens with zero attached hydrogens (tertiary/aromatic N) is 3. The van der Waals surface area contributed by atoms with Gasteiger partial charge in [-0.1, -0.05) is 39.0 Å². The van der Waals surface area contributed by atoms with Gasteiger partial charge >= 0.3 is 0 Å². The van der Waals surface area contributed by atoms with Crippen LogP contribution >= 0.6 is 0 Å². The van der Waals surface area contributed by atoms with Gasteiger partial charge in [-0.15, -0.1) is 0 Å². The van der Waals surface area contributed by atoms with Gasteiger partial charge in [0.25, 0.3) is 0 Å². The van der Waals surface area contributed by atoms with Crippen molar-refractivity contribution in [3.05, 3.63) is 53.6 Å². The molecule has 1 aromatic heterocycles. The number of hydrogen-bond donors (Lipinski definition) is 0. The largest absolute Gasteiger partial charge is 0.406 e. The molecule has 0 saturated carbocycles. The van der Waals surface area contributed by atoms with Crippen LogP contribution in [0, 0.1) is 11.3 Å². The van der Waals surface area contributed by atoms with Gasteiger partial charge in [0.05, 0.1) is 42.0 Å². The Morgan fingerprint density at radius 1 is 1.22 bits per heavy atom. The van der Waals surface area contributed by atoms with Crippen LogP contribution in [0.25, 0.3) is 0 Å². The molecule has 0 aliphatic heterocycles. The SMILES string of the molecule is CC(C)(C)[Si]OC(C)(C)c1cncn1Cc1ccccc1C#N. The van der Waals surface area contributed by atoms with Crippen molar-refractivity contribution in [3.63, 3.8) is 0 Å². The minimum Gasteiger partial charge on any atom is -0.406 e. The number of rotatable bonds is 5. The van der Waals surface area contributed by atoms with Gasteiger partial charge in [0.2, 0.25) is 9.76 Å². The van der Waals surface area contributed by atoms with Gasteiger partial charge in [-0.25, -0.2) is 4.98 Å². The highest BCUT2D eigenvalue weighted by Crippen LogP contribution is 2.29. The van der Waals surface area contributed by atoms with Crippen LogP contribution in [0.2, 0.25) is 5.04 Å². The fourth-order valence-corrected chi connectivity index (χ4v) is 2.90. The Labute approximate surface area is 141 Å². The summed E-state index contributed by atoms with van der Waals surface area (Å²) in [5, 5.41) is 9.39. The zero-order valence-electron chi connectivity index (χ0n) is 14.4. The standard InChI is InChI=1S/C18H23N3OSi/c1-17(2,3)23-22-18(4,5)16-11-20-13-21(16)12-15-9-7-6-8-14(15)10-19/h6-9,11,13H,12H2,1-5H3. The lowest BCUT2D eigenvalue weighted by molar-refractivity contribution is 0.100. The Morgan fingerprint density at radius 2 is 1.91 bits per heavy atom. The van der Waals surface area contributed by atoms with Crippen LogP contribution in [0.3, 0.4) is 0 Å². The molecule has 0 unspecified atom stereocenters. The number of benzene rings is 1. The molecule has 0 aliphatic carbocycles. The molecule has 0 spiro atoms. The number of nitriles is 1. The smallest absolute Gasteiger partial charge is 0.237 e. The molecule has 0 atom stereocenters. The number of imidazole rings is 1. The minimum atomic E-state index is -0.427. The molecule has 0 fully saturated rings. The maximum Gasteiger partial charge on any atom is 0.237 e. The number of aromatic nitrogens is 2.